The molecule has 0 radical (unpaired) electrons. The minimum absolute atomic E-state index is 0.0625. The molecule has 0 aromatic carbocycles. The number of carbonyl (C=O) groups excluding carboxylic acids is 1. The first kappa shape index (κ1) is 24.7. The Balaban J connectivity index is 2.04. The molecule has 33 heavy (non-hydrogen) atoms. The van der Waals surface area contributed by atoms with Crippen molar-refractivity contribution in [3.8, 4) is 0 Å². The average molecular weight is 495 g/mol. The zero-order valence-electron chi connectivity index (χ0n) is 19.0. The fraction of sp³-hybridized carbons (Fsp3) is 0.381. The lowest BCUT2D eigenvalue weighted by Gasteiger charge is -2.26. The van der Waals surface area contributed by atoms with E-state index >= 15 is 0 Å². The average Bonchev–Trinajstić information content (AvgIpc) is 2.75. The van der Waals surface area contributed by atoms with Crippen molar-refractivity contribution in [2.24, 2.45) is 0 Å². The van der Waals surface area contributed by atoms with Gasteiger partial charge in [-0.2, -0.15) is 0 Å². The first-order valence-corrected chi connectivity index (χ1v) is 11.5. The molecule has 0 bridgehead atoms. The van der Waals surface area contributed by atoms with Gasteiger partial charge in [0.2, 0.25) is 0 Å². The molecule has 12 heteroatoms. The summed E-state index contributed by atoms with van der Waals surface area (Å²) in [7, 11) is 1.56. The first-order valence-electron chi connectivity index (χ1n) is 9.94. The fourth-order valence-electron chi connectivity index (χ4n) is 3.06. The van der Waals surface area contributed by atoms with E-state index in [1.807, 2.05) is 0 Å². The number of nitrogens with zero attached hydrogens (tertiary/aromatic N) is 4. The number of aromatic amines is 1. The van der Waals surface area contributed by atoms with Gasteiger partial charge in [0.05, 0.1) is 6.04 Å². The highest BCUT2D eigenvalue weighted by Gasteiger charge is 2.25. The highest BCUT2D eigenvalue weighted by Crippen LogP contribution is 2.30. The molecule has 176 valence electrons. The molecule has 0 aliphatic carbocycles. The Morgan fingerprint density at radius 1 is 1.36 bits per heavy atom. The van der Waals surface area contributed by atoms with E-state index in [9.17, 15) is 14.0 Å². The van der Waals surface area contributed by atoms with Crippen LogP contribution in [0.15, 0.2) is 28.3 Å². The monoisotopic (exact) mass is 494 g/mol. The number of nitrogens with one attached hydrogen (secondary N) is 2. The Kier molecular flexibility index (Phi) is 7.13. The van der Waals surface area contributed by atoms with Crippen LogP contribution in [-0.2, 0) is 4.74 Å². The third-order valence-corrected chi connectivity index (χ3v) is 5.35. The molecule has 9 nitrogen and oxygen atoms in total. The van der Waals surface area contributed by atoms with Crippen LogP contribution in [0.2, 0.25) is 5.15 Å². The second-order valence-electron chi connectivity index (χ2n) is 8.19. The van der Waals surface area contributed by atoms with Gasteiger partial charge in [0.25, 0.3) is 5.56 Å². The molecule has 2 N–H and O–H groups in total. The van der Waals surface area contributed by atoms with Crippen molar-refractivity contribution >= 4 is 52.0 Å². The van der Waals surface area contributed by atoms with Crippen molar-refractivity contribution in [1.82, 2.24) is 19.9 Å². The third-order valence-electron chi connectivity index (χ3n) is 4.54. The maximum Gasteiger partial charge on any atom is 0.415 e. The number of fused-ring (bicyclic) bond motifs is 1. The maximum atomic E-state index is 14.6. The summed E-state index contributed by atoms with van der Waals surface area (Å²) in [4.78, 5) is 41.5. The Morgan fingerprint density at radius 3 is 2.70 bits per heavy atom. The van der Waals surface area contributed by atoms with Gasteiger partial charge in [-0.1, -0.05) is 29.4 Å². The van der Waals surface area contributed by atoms with Crippen LogP contribution in [0.1, 0.15) is 39.3 Å². The van der Waals surface area contributed by atoms with Crippen molar-refractivity contribution < 1.29 is 13.9 Å². The molecular formula is C21H24ClFN6O3S. The Hall–Kier alpha value is -2.92. The highest BCUT2D eigenvalue weighted by molar-refractivity contribution is 7.98. The molecule has 0 fully saturated rings. The molecule has 3 aromatic heterocycles. The normalized spacial score (nSPS) is 12.5. The SMILES string of the molecule is CSc1nc(NC(C)c2cccnc2N(C)C(=O)OC(C)(C)C)c2c(=O)[nH]c(Cl)c(F)c2n1. The molecule has 0 aliphatic heterocycles. The summed E-state index contributed by atoms with van der Waals surface area (Å²) in [6.07, 6.45) is 2.72. The summed E-state index contributed by atoms with van der Waals surface area (Å²) >= 11 is 6.99. The van der Waals surface area contributed by atoms with Gasteiger partial charge < -0.3 is 15.0 Å². The number of pyridine rings is 2. The van der Waals surface area contributed by atoms with Gasteiger partial charge in [-0.05, 0) is 40.0 Å². The van der Waals surface area contributed by atoms with Crippen LogP contribution in [0.25, 0.3) is 10.9 Å². The molecule has 1 atom stereocenters. The van der Waals surface area contributed by atoms with Crippen LogP contribution in [0.4, 0.5) is 20.8 Å². The predicted molar refractivity (Wildman–Crippen MR) is 128 cm³/mol. The fourth-order valence-corrected chi connectivity index (χ4v) is 3.60. The quantitative estimate of drug-likeness (QED) is 0.296. The topological polar surface area (TPSA) is 113 Å². The van der Waals surface area contributed by atoms with Crippen LogP contribution in [0.5, 0.6) is 0 Å². The van der Waals surface area contributed by atoms with E-state index < -0.39 is 34.3 Å². The van der Waals surface area contributed by atoms with Crippen LogP contribution in [-0.4, -0.2) is 44.9 Å². The zero-order chi connectivity index (χ0) is 24.5. The van der Waals surface area contributed by atoms with Crippen LogP contribution >= 0.6 is 23.4 Å². The number of ether oxygens (including phenoxy) is 1. The Labute approximate surface area is 199 Å². The maximum absolute atomic E-state index is 14.6. The minimum Gasteiger partial charge on any atom is -0.443 e. The zero-order valence-corrected chi connectivity index (χ0v) is 20.6. The number of halogens is 2. The largest absolute Gasteiger partial charge is 0.443 e. The lowest BCUT2D eigenvalue weighted by Crippen LogP contribution is -2.35. The van der Waals surface area contributed by atoms with Gasteiger partial charge in [-0.25, -0.2) is 24.1 Å². The van der Waals surface area contributed by atoms with E-state index in [4.69, 9.17) is 16.3 Å². The van der Waals surface area contributed by atoms with E-state index in [1.54, 1.807) is 59.3 Å². The third kappa shape index (κ3) is 5.36. The van der Waals surface area contributed by atoms with Crippen LogP contribution in [0, 0.1) is 5.82 Å². The van der Waals surface area contributed by atoms with E-state index in [0.717, 1.165) is 0 Å². The van der Waals surface area contributed by atoms with Gasteiger partial charge >= 0.3 is 6.09 Å². The summed E-state index contributed by atoms with van der Waals surface area (Å²) < 4.78 is 20.1. The highest BCUT2D eigenvalue weighted by atomic mass is 35.5. The summed E-state index contributed by atoms with van der Waals surface area (Å²) in [5.41, 5.74) is -0.856. The summed E-state index contributed by atoms with van der Waals surface area (Å²) in [6, 6.07) is 3.02. The van der Waals surface area contributed by atoms with Gasteiger partial charge in [0.1, 0.15) is 33.3 Å². The number of hydrogen-bond acceptors (Lipinski definition) is 8. The Morgan fingerprint density at radius 2 is 2.06 bits per heavy atom. The molecule has 3 heterocycles. The van der Waals surface area contributed by atoms with E-state index in [-0.39, 0.29) is 21.9 Å². The predicted octanol–water partition coefficient (Wildman–Crippen LogP) is 4.77. The van der Waals surface area contributed by atoms with Crippen molar-refractivity contribution in [3.63, 3.8) is 0 Å². The van der Waals surface area contributed by atoms with Crippen molar-refractivity contribution in [3.05, 3.63) is 45.2 Å². The number of aromatic nitrogens is 4. The second kappa shape index (κ2) is 9.52. The minimum atomic E-state index is -0.841. The molecule has 0 saturated heterocycles. The van der Waals surface area contributed by atoms with Crippen LogP contribution < -0.4 is 15.8 Å². The summed E-state index contributed by atoms with van der Waals surface area (Å²) in [5.74, 6) is -0.354. The smallest absolute Gasteiger partial charge is 0.415 e. The molecular weight excluding hydrogens is 471 g/mol. The lowest BCUT2D eigenvalue weighted by molar-refractivity contribution is 0.0588. The van der Waals surface area contributed by atoms with Crippen molar-refractivity contribution in [2.75, 3.05) is 23.5 Å². The number of H-pyrrole nitrogens is 1. The molecule has 3 aromatic rings. The van der Waals surface area contributed by atoms with Gasteiger partial charge in [-0.15, -0.1) is 0 Å². The Bertz CT molecular complexity index is 1260. The number of hydrogen-bond donors (Lipinski definition) is 2. The van der Waals surface area contributed by atoms with E-state index in [1.165, 1.54) is 16.7 Å². The number of thioether (sulfide) groups is 1. The van der Waals surface area contributed by atoms with E-state index in [2.05, 4.69) is 25.3 Å². The molecule has 1 amide bonds. The first-order chi connectivity index (χ1) is 15.4. The standard InChI is InChI=1S/C21H24ClFN6O3S/c1-10(11-8-7-9-24-17(11)29(5)20(31)32-21(2,3)4)25-16-12-14(26-19(28-16)33-6)13(23)15(22)27-18(12)30/h7-10H,1-6H3,(H,27,30)(H,25,26,28). The summed E-state index contributed by atoms with van der Waals surface area (Å²) in [6.45, 7) is 7.12. The van der Waals surface area contributed by atoms with Crippen LogP contribution in [0.3, 0.4) is 0 Å². The van der Waals surface area contributed by atoms with E-state index in [0.29, 0.717) is 11.4 Å². The summed E-state index contributed by atoms with van der Waals surface area (Å²) in [5, 5.41) is 2.90. The van der Waals surface area contributed by atoms with Crippen molar-refractivity contribution in [1.29, 1.82) is 0 Å². The van der Waals surface area contributed by atoms with Gasteiger partial charge in [0, 0.05) is 18.8 Å². The van der Waals surface area contributed by atoms with Crippen molar-refractivity contribution in [2.45, 2.75) is 44.5 Å². The second-order valence-corrected chi connectivity index (χ2v) is 9.34. The number of carbonyl (C=O) groups is 1. The molecule has 0 aliphatic rings. The molecule has 1 unspecified atom stereocenters. The lowest BCUT2D eigenvalue weighted by atomic mass is 10.1. The number of rotatable bonds is 5. The molecule has 0 spiro atoms. The molecule has 3 rings (SSSR count). The van der Waals surface area contributed by atoms with Gasteiger partial charge in [0.15, 0.2) is 11.0 Å². The molecule has 0 saturated carbocycles. The number of anilines is 2. The van der Waals surface area contributed by atoms with Gasteiger partial charge in [-0.3, -0.25) is 9.69 Å². The number of amides is 1.